The Morgan fingerprint density at radius 2 is 2.00 bits per heavy atom. The van der Waals surface area contributed by atoms with E-state index in [1.165, 1.54) is 23.1 Å². The second-order valence-corrected chi connectivity index (χ2v) is 7.72. The van der Waals surface area contributed by atoms with Gasteiger partial charge in [-0.3, -0.25) is 0 Å². The Hall–Kier alpha value is -1.81. The van der Waals surface area contributed by atoms with Gasteiger partial charge < -0.3 is 15.0 Å². The molecule has 1 aromatic rings. The van der Waals surface area contributed by atoms with Gasteiger partial charge in [-0.2, -0.15) is 0 Å². The van der Waals surface area contributed by atoms with Crippen molar-refractivity contribution >= 4 is 11.7 Å². The highest BCUT2D eigenvalue weighted by atomic mass is 16.6. The summed E-state index contributed by atoms with van der Waals surface area (Å²) in [6, 6.07) is 8.97. The van der Waals surface area contributed by atoms with E-state index in [4.69, 9.17) is 4.74 Å². The predicted octanol–water partition coefficient (Wildman–Crippen LogP) is 3.79. The van der Waals surface area contributed by atoms with Gasteiger partial charge in [0.05, 0.1) is 0 Å². The molecule has 3 rings (SSSR count). The van der Waals surface area contributed by atoms with Crippen LogP contribution in [0.5, 0.6) is 0 Å². The van der Waals surface area contributed by atoms with Gasteiger partial charge in [-0.25, -0.2) is 4.79 Å². The van der Waals surface area contributed by atoms with Gasteiger partial charge in [0.2, 0.25) is 0 Å². The molecule has 1 N–H and O–H groups in total. The zero-order valence-electron chi connectivity index (χ0n) is 15.0. The van der Waals surface area contributed by atoms with Gasteiger partial charge in [-0.1, -0.05) is 30.3 Å². The average molecular weight is 328 g/mol. The van der Waals surface area contributed by atoms with Crippen LogP contribution >= 0.6 is 0 Å². The van der Waals surface area contributed by atoms with Crippen molar-refractivity contribution in [2.24, 2.45) is 0 Å². The smallest absolute Gasteiger partial charge is 0.410 e. The first kappa shape index (κ1) is 17.0. The zero-order valence-corrected chi connectivity index (χ0v) is 15.0. The van der Waals surface area contributed by atoms with Crippen LogP contribution in [0.1, 0.15) is 50.7 Å². The molecule has 4 nitrogen and oxygen atoms in total. The fraction of sp³-hybridized carbons (Fsp3) is 0.550. The molecule has 2 heterocycles. The molecular formula is C20H28N2O2. The number of rotatable bonds is 2. The van der Waals surface area contributed by atoms with Crippen LogP contribution in [0.4, 0.5) is 4.79 Å². The molecule has 0 saturated carbocycles. The SMILES string of the molecule is CC(C)(C)OC(=O)N1CC=C(c2ccc(C3CCNC3)cc2)CC1. The van der Waals surface area contributed by atoms with E-state index in [0.29, 0.717) is 12.5 Å². The molecule has 0 spiro atoms. The third-order valence-electron chi connectivity index (χ3n) is 4.67. The van der Waals surface area contributed by atoms with Gasteiger partial charge in [0.1, 0.15) is 5.60 Å². The lowest BCUT2D eigenvalue weighted by Gasteiger charge is -2.29. The highest BCUT2D eigenvalue weighted by Crippen LogP contribution is 2.27. The van der Waals surface area contributed by atoms with Crippen LogP contribution in [-0.4, -0.2) is 42.8 Å². The highest BCUT2D eigenvalue weighted by Gasteiger charge is 2.24. The quantitative estimate of drug-likeness (QED) is 0.898. The summed E-state index contributed by atoms with van der Waals surface area (Å²) in [7, 11) is 0. The van der Waals surface area contributed by atoms with Crippen LogP contribution in [-0.2, 0) is 4.74 Å². The molecule has 4 heteroatoms. The van der Waals surface area contributed by atoms with E-state index in [1.54, 1.807) is 4.90 Å². The van der Waals surface area contributed by atoms with Gasteiger partial charge in [0, 0.05) is 19.6 Å². The number of benzene rings is 1. The molecule has 130 valence electrons. The number of carbonyl (C=O) groups excluding carboxylic acids is 1. The Bertz CT molecular complexity index is 608. The number of ether oxygens (including phenoxy) is 1. The minimum atomic E-state index is -0.438. The maximum atomic E-state index is 12.1. The summed E-state index contributed by atoms with van der Waals surface area (Å²) in [5, 5.41) is 3.42. The molecule has 2 aliphatic rings. The third-order valence-corrected chi connectivity index (χ3v) is 4.67. The molecule has 1 fully saturated rings. The van der Waals surface area contributed by atoms with Crippen molar-refractivity contribution in [1.82, 2.24) is 10.2 Å². The first-order valence-electron chi connectivity index (χ1n) is 8.90. The number of nitrogens with zero attached hydrogens (tertiary/aromatic N) is 1. The van der Waals surface area contributed by atoms with Crippen LogP contribution in [0.25, 0.3) is 5.57 Å². The molecule has 0 bridgehead atoms. The maximum Gasteiger partial charge on any atom is 0.410 e. The number of hydrogen-bond donors (Lipinski definition) is 1. The van der Waals surface area contributed by atoms with Gasteiger partial charge >= 0.3 is 6.09 Å². The number of nitrogens with one attached hydrogen (secondary N) is 1. The lowest BCUT2D eigenvalue weighted by atomic mass is 9.94. The first-order valence-corrected chi connectivity index (χ1v) is 8.90. The van der Waals surface area contributed by atoms with E-state index >= 15 is 0 Å². The summed E-state index contributed by atoms with van der Waals surface area (Å²) in [4.78, 5) is 13.9. The molecule has 0 radical (unpaired) electrons. The van der Waals surface area contributed by atoms with E-state index in [2.05, 4.69) is 35.7 Å². The van der Waals surface area contributed by atoms with E-state index < -0.39 is 5.60 Å². The van der Waals surface area contributed by atoms with E-state index in [0.717, 1.165) is 26.1 Å². The van der Waals surface area contributed by atoms with Gasteiger partial charge in [0.15, 0.2) is 0 Å². The molecule has 1 atom stereocenters. The summed E-state index contributed by atoms with van der Waals surface area (Å²) in [6.45, 7) is 9.26. The van der Waals surface area contributed by atoms with Gasteiger partial charge in [-0.05, 0) is 62.8 Å². The Balaban J connectivity index is 1.61. The number of amides is 1. The topological polar surface area (TPSA) is 41.6 Å². The summed E-state index contributed by atoms with van der Waals surface area (Å²) >= 11 is 0. The molecule has 1 amide bonds. The number of hydrogen-bond acceptors (Lipinski definition) is 3. The summed E-state index contributed by atoms with van der Waals surface area (Å²) in [6.07, 6.45) is 4.04. The number of carbonyl (C=O) groups is 1. The van der Waals surface area contributed by atoms with Crippen molar-refractivity contribution in [3.05, 3.63) is 41.5 Å². The van der Waals surface area contributed by atoms with Crippen LogP contribution in [0.3, 0.4) is 0 Å². The van der Waals surface area contributed by atoms with Crippen molar-refractivity contribution in [1.29, 1.82) is 0 Å². The van der Waals surface area contributed by atoms with Crippen molar-refractivity contribution in [2.45, 2.75) is 45.1 Å². The molecule has 1 aromatic carbocycles. The molecular weight excluding hydrogens is 300 g/mol. The molecule has 2 aliphatic heterocycles. The van der Waals surface area contributed by atoms with Crippen molar-refractivity contribution in [2.75, 3.05) is 26.2 Å². The third kappa shape index (κ3) is 4.18. The van der Waals surface area contributed by atoms with Crippen LogP contribution in [0.15, 0.2) is 30.3 Å². The Morgan fingerprint density at radius 3 is 2.54 bits per heavy atom. The van der Waals surface area contributed by atoms with Gasteiger partial charge in [0.25, 0.3) is 0 Å². The van der Waals surface area contributed by atoms with E-state index in [1.807, 2.05) is 20.8 Å². The second-order valence-electron chi connectivity index (χ2n) is 7.72. The molecule has 1 saturated heterocycles. The van der Waals surface area contributed by atoms with Crippen molar-refractivity contribution in [3.8, 4) is 0 Å². The second kappa shape index (κ2) is 6.98. The monoisotopic (exact) mass is 328 g/mol. The lowest BCUT2D eigenvalue weighted by Crippen LogP contribution is -2.39. The van der Waals surface area contributed by atoms with Crippen LogP contribution in [0.2, 0.25) is 0 Å². The first-order chi connectivity index (χ1) is 11.4. The molecule has 24 heavy (non-hydrogen) atoms. The van der Waals surface area contributed by atoms with Gasteiger partial charge in [-0.15, -0.1) is 0 Å². The zero-order chi connectivity index (χ0) is 17.2. The Labute approximate surface area is 144 Å². The summed E-state index contributed by atoms with van der Waals surface area (Å²) in [5.41, 5.74) is 3.58. The summed E-state index contributed by atoms with van der Waals surface area (Å²) in [5.74, 6) is 0.655. The fourth-order valence-electron chi connectivity index (χ4n) is 3.33. The Kier molecular flexibility index (Phi) is 4.95. The molecule has 0 aromatic heterocycles. The largest absolute Gasteiger partial charge is 0.444 e. The maximum absolute atomic E-state index is 12.1. The average Bonchev–Trinajstić information content (AvgIpc) is 3.08. The Morgan fingerprint density at radius 1 is 1.25 bits per heavy atom. The normalized spacial score (nSPS) is 21.5. The van der Waals surface area contributed by atoms with Crippen molar-refractivity contribution in [3.63, 3.8) is 0 Å². The van der Waals surface area contributed by atoms with E-state index in [9.17, 15) is 4.79 Å². The lowest BCUT2D eigenvalue weighted by molar-refractivity contribution is 0.0270. The fourth-order valence-corrected chi connectivity index (χ4v) is 3.33. The van der Waals surface area contributed by atoms with Crippen molar-refractivity contribution < 1.29 is 9.53 Å². The summed E-state index contributed by atoms with van der Waals surface area (Å²) < 4.78 is 5.44. The standard InChI is InChI=1S/C20H28N2O2/c1-20(2,3)24-19(23)22-12-9-17(10-13-22)15-4-6-16(7-5-15)18-8-11-21-14-18/h4-7,9,18,21H,8,10-14H2,1-3H3. The predicted molar refractivity (Wildman–Crippen MR) is 97.1 cm³/mol. The van der Waals surface area contributed by atoms with E-state index in [-0.39, 0.29) is 6.09 Å². The van der Waals surface area contributed by atoms with Crippen LogP contribution < -0.4 is 5.32 Å². The minimum Gasteiger partial charge on any atom is -0.444 e. The molecule has 0 aliphatic carbocycles. The van der Waals surface area contributed by atoms with Crippen LogP contribution in [0, 0.1) is 0 Å². The minimum absolute atomic E-state index is 0.220. The molecule has 1 unspecified atom stereocenters. The highest BCUT2D eigenvalue weighted by molar-refractivity contribution is 5.72.